The minimum Gasteiger partial charge on any atom is -0.352 e. The number of nitrogens with one attached hydrogen (secondary N) is 2. The van der Waals surface area contributed by atoms with Gasteiger partial charge in [-0.25, -0.2) is 0 Å². The van der Waals surface area contributed by atoms with Crippen molar-refractivity contribution in [3.8, 4) is 5.69 Å². The quantitative estimate of drug-likeness (QED) is 0.286. The molecule has 38 heavy (non-hydrogen) atoms. The number of nitrogens with zero attached hydrogens (tertiary/aromatic N) is 3. The molecule has 1 aliphatic heterocycles. The van der Waals surface area contributed by atoms with Crippen LogP contribution in [-0.2, 0) is 4.79 Å². The lowest BCUT2D eigenvalue weighted by molar-refractivity contribution is -0.116. The Kier molecular flexibility index (Phi) is 7.29. The number of benzene rings is 2. The SMILES string of the molecule is Cc1cc(C)cc(-n2c(C)cc([C@H]3[C@@H](c4ccccn4)NC(=S)N3CCC(=O)Nc3ccccc3)c2C)c1. The largest absolute Gasteiger partial charge is 0.352 e. The summed E-state index contributed by atoms with van der Waals surface area (Å²) in [6.45, 7) is 9.06. The number of thiocarbonyl (C=S) groups is 1. The molecule has 0 spiro atoms. The Balaban J connectivity index is 1.49. The van der Waals surface area contributed by atoms with Gasteiger partial charge in [0.1, 0.15) is 0 Å². The number of carbonyl (C=O) groups excluding carboxylic acids is 1. The molecular weight excluding hydrogens is 490 g/mol. The van der Waals surface area contributed by atoms with Crippen molar-refractivity contribution in [1.29, 1.82) is 0 Å². The Labute approximate surface area is 229 Å². The normalized spacial score (nSPS) is 16.9. The Morgan fingerprint density at radius 1 is 0.974 bits per heavy atom. The number of para-hydroxylation sites is 1. The van der Waals surface area contributed by atoms with Crippen molar-refractivity contribution >= 4 is 28.9 Å². The van der Waals surface area contributed by atoms with Gasteiger partial charge in [0.25, 0.3) is 0 Å². The minimum atomic E-state index is -0.130. The average Bonchev–Trinajstić information content (AvgIpc) is 3.37. The highest BCUT2D eigenvalue weighted by Crippen LogP contribution is 2.41. The van der Waals surface area contributed by atoms with Crippen LogP contribution in [0.5, 0.6) is 0 Å². The van der Waals surface area contributed by atoms with Crippen molar-refractivity contribution in [3.05, 3.63) is 113 Å². The maximum Gasteiger partial charge on any atom is 0.226 e. The number of aryl methyl sites for hydroxylation is 3. The molecule has 2 atom stereocenters. The lowest BCUT2D eigenvalue weighted by Crippen LogP contribution is -2.32. The van der Waals surface area contributed by atoms with Gasteiger partial charge in [-0.1, -0.05) is 30.3 Å². The molecule has 1 saturated heterocycles. The fourth-order valence-corrected chi connectivity index (χ4v) is 5.85. The van der Waals surface area contributed by atoms with E-state index >= 15 is 0 Å². The first kappa shape index (κ1) is 25.7. The Bertz CT molecular complexity index is 1440. The van der Waals surface area contributed by atoms with Gasteiger partial charge >= 0.3 is 0 Å². The van der Waals surface area contributed by atoms with Crippen molar-refractivity contribution in [2.24, 2.45) is 0 Å². The number of anilines is 1. The first-order valence-corrected chi connectivity index (χ1v) is 13.3. The maximum atomic E-state index is 12.8. The van der Waals surface area contributed by atoms with E-state index in [1.54, 1.807) is 0 Å². The molecule has 0 bridgehead atoms. The van der Waals surface area contributed by atoms with E-state index in [2.05, 4.69) is 77.0 Å². The molecule has 3 heterocycles. The maximum absolute atomic E-state index is 12.8. The van der Waals surface area contributed by atoms with E-state index in [4.69, 9.17) is 12.2 Å². The molecule has 2 N–H and O–H groups in total. The summed E-state index contributed by atoms with van der Waals surface area (Å²) >= 11 is 5.84. The second-order valence-corrected chi connectivity index (χ2v) is 10.4. The van der Waals surface area contributed by atoms with E-state index in [1.165, 1.54) is 16.7 Å². The summed E-state index contributed by atoms with van der Waals surface area (Å²) in [5, 5.41) is 7.13. The monoisotopic (exact) mass is 523 g/mol. The average molecular weight is 524 g/mol. The fourth-order valence-electron chi connectivity index (χ4n) is 5.52. The summed E-state index contributed by atoms with van der Waals surface area (Å²) in [5.41, 5.74) is 8.82. The summed E-state index contributed by atoms with van der Waals surface area (Å²) in [6.07, 6.45) is 2.13. The molecule has 7 heteroatoms. The van der Waals surface area contributed by atoms with Crippen LogP contribution in [-0.4, -0.2) is 32.0 Å². The van der Waals surface area contributed by atoms with Gasteiger partial charge < -0.3 is 20.1 Å². The Hall–Kier alpha value is -3.97. The highest BCUT2D eigenvalue weighted by molar-refractivity contribution is 7.80. The van der Waals surface area contributed by atoms with Crippen molar-refractivity contribution in [2.45, 2.75) is 46.2 Å². The third kappa shape index (κ3) is 5.20. The van der Waals surface area contributed by atoms with Crippen molar-refractivity contribution in [1.82, 2.24) is 19.8 Å². The number of amides is 1. The molecule has 1 aliphatic rings. The Morgan fingerprint density at radius 3 is 2.37 bits per heavy atom. The van der Waals surface area contributed by atoms with E-state index in [0.717, 1.165) is 28.5 Å². The second-order valence-electron chi connectivity index (χ2n) is 9.99. The fraction of sp³-hybridized carbons (Fsp3) is 0.258. The zero-order valence-electron chi connectivity index (χ0n) is 22.2. The molecule has 1 amide bonds. The van der Waals surface area contributed by atoms with Gasteiger partial charge in [0.15, 0.2) is 5.11 Å². The van der Waals surface area contributed by atoms with E-state index < -0.39 is 0 Å². The van der Waals surface area contributed by atoms with Crippen LogP contribution in [0.15, 0.2) is 79.0 Å². The van der Waals surface area contributed by atoms with Gasteiger partial charge in [0, 0.05) is 41.9 Å². The van der Waals surface area contributed by atoms with Crippen LogP contribution >= 0.6 is 12.2 Å². The lowest BCUT2D eigenvalue weighted by atomic mass is 9.96. The first-order chi connectivity index (χ1) is 18.3. The topological polar surface area (TPSA) is 62.2 Å². The number of aromatic nitrogens is 2. The van der Waals surface area contributed by atoms with Crippen LogP contribution in [0, 0.1) is 27.7 Å². The number of pyridine rings is 1. The summed E-state index contributed by atoms with van der Waals surface area (Å²) in [7, 11) is 0. The third-order valence-electron chi connectivity index (χ3n) is 7.09. The zero-order chi connectivity index (χ0) is 26.8. The van der Waals surface area contributed by atoms with Crippen molar-refractivity contribution < 1.29 is 4.79 Å². The van der Waals surface area contributed by atoms with Crippen molar-refractivity contribution in [2.75, 3.05) is 11.9 Å². The van der Waals surface area contributed by atoms with E-state index in [9.17, 15) is 4.79 Å². The molecule has 2 aromatic carbocycles. The summed E-state index contributed by atoms with van der Waals surface area (Å²) < 4.78 is 2.31. The smallest absolute Gasteiger partial charge is 0.226 e. The van der Waals surface area contributed by atoms with Crippen LogP contribution in [0.4, 0.5) is 5.69 Å². The number of hydrogen-bond acceptors (Lipinski definition) is 3. The number of hydrogen-bond donors (Lipinski definition) is 2. The zero-order valence-corrected chi connectivity index (χ0v) is 23.0. The molecule has 0 aliphatic carbocycles. The summed E-state index contributed by atoms with van der Waals surface area (Å²) in [4.78, 5) is 19.6. The van der Waals surface area contributed by atoms with Gasteiger partial charge in [0.2, 0.25) is 5.91 Å². The highest BCUT2D eigenvalue weighted by atomic mass is 32.1. The van der Waals surface area contributed by atoms with Crippen LogP contribution in [0.1, 0.15) is 52.3 Å². The van der Waals surface area contributed by atoms with Crippen LogP contribution in [0.25, 0.3) is 5.69 Å². The van der Waals surface area contributed by atoms with E-state index in [0.29, 0.717) is 18.1 Å². The number of carbonyl (C=O) groups is 1. The van der Waals surface area contributed by atoms with Crippen LogP contribution in [0.3, 0.4) is 0 Å². The molecule has 2 aromatic heterocycles. The highest BCUT2D eigenvalue weighted by Gasteiger charge is 2.41. The molecule has 0 radical (unpaired) electrons. The molecular formula is C31H33N5OS. The van der Waals surface area contributed by atoms with Gasteiger partial charge in [-0.05, 0) is 99.1 Å². The van der Waals surface area contributed by atoms with E-state index in [1.807, 2.05) is 54.7 Å². The van der Waals surface area contributed by atoms with Gasteiger partial charge in [0.05, 0.1) is 17.8 Å². The number of rotatable bonds is 7. The molecule has 1 fully saturated rings. The summed E-state index contributed by atoms with van der Waals surface area (Å²) in [6, 6.07) is 24.1. The van der Waals surface area contributed by atoms with E-state index in [-0.39, 0.29) is 18.0 Å². The van der Waals surface area contributed by atoms with Crippen LogP contribution in [0.2, 0.25) is 0 Å². The third-order valence-corrected chi connectivity index (χ3v) is 7.44. The molecule has 0 saturated carbocycles. The Morgan fingerprint density at radius 2 is 1.68 bits per heavy atom. The molecule has 5 rings (SSSR count). The first-order valence-electron chi connectivity index (χ1n) is 12.9. The molecule has 4 aromatic rings. The van der Waals surface area contributed by atoms with Gasteiger partial charge in [-0.3, -0.25) is 9.78 Å². The molecule has 6 nitrogen and oxygen atoms in total. The van der Waals surface area contributed by atoms with Crippen molar-refractivity contribution in [3.63, 3.8) is 0 Å². The molecule has 194 valence electrons. The molecule has 0 unspecified atom stereocenters. The predicted molar refractivity (Wildman–Crippen MR) is 157 cm³/mol. The summed E-state index contributed by atoms with van der Waals surface area (Å²) in [5.74, 6) is -0.0419. The van der Waals surface area contributed by atoms with Gasteiger partial charge in [-0.15, -0.1) is 0 Å². The lowest BCUT2D eigenvalue weighted by Gasteiger charge is -2.28. The van der Waals surface area contributed by atoms with Gasteiger partial charge in [-0.2, -0.15) is 0 Å². The second kappa shape index (κ2) is 10.8. The van der Waals surface area contributed by atoms with Crippen LogP contribution < -0.4 is 10.6 Å². The standard InChI is InChI=1S/C31H33N5OS/c1-20-16-21(2)18-25(17-20)36-22(3)19-26(23(36)4)30-29(27-12-8-9-14-32-27)34-31(38)35(30)15-13-28(37)33-24-10-6-5-7-11-24/h5-12,14,16-19,29-30H,13,15H2,1-4H3,(H,33,37)(H,34,38)/t29-,30+/m1/s1. The minimum absolute atomic E-state index is 0.0419. The predicted octanol–water partition coefficient (Wildman–Crippen LogP) is 6.11.